The number of nitrogens with one attached hydrogen (secondary N) is 2. The number of likely N-dealkylation sites (tertiary alicyclic amines) is 1. The molecule has 2 N–H and O–H groups in total. The van der Waals surface area contributed by atoms with Crippen molar-refractivity contribution in [1.29, 1.82) is 0 Å². The van der Waals surface area contributed by atoms with Gasteiger partial charge in [-0.1, -0.05) is 13.0 Å². The first kappa shape index (κ1) is 16.0. The Morgan fingerprint density at radius 1 is 1.43 bits per heavy atom. The van der Waals surface area contributed by atoms with Crippen molar-refractivity contribution >= 4 is 21.4 Å². The summed E-state index contributed by atoms with van der Waals surface area (Å²) in [5, 5.41) is 2.79. The van der Waals surface area contributed by atoms with Gasteiger partial charge in [-0.15, -0.1) is 0 Å². The van der Waals surface area contributed by atoms with Crippen LogP contribution in [-0.2, 0) is 14.6 Å². The second kappa shape index (κ2) is 6.58. The van der Waals surface area contributed by atoms with Gasteiger partial charge in [0, 0.05) is 17.9 Å². The number of sulfone groups is 1. The number of amides is 1. The van der Waals surface area contributed by atoms with Crippen LogP contribution in [0.25, 0.3) is 0 Å². The lowest BCUT2D eigenvalue weighted by molar-refractivity contribution is -0.900. The fraction of sp³-hybridized carbons (Fsp3) is 0.533. The number of hydrogen-bond acceptors (Lipinski definition) is 3. The largest absolute Gasteiger partial charge is 0.327 e. The molecule has 0 aliphatic carbocycles. The third-order valence-corrected chi connectivity index (χ3v) is 4.93. The van der Waals surface area contributed by atoms with Gasteiger partial charge in [0.15, 0.2) is 16.4 Å². The quantitative estimate of drug-likeness (QED) is 0.843. The minimum atomic E-state index is -3.25. The van der Waals surface area contributed by atoms with Crippen molar-refractivity contribution in [2.24, 2.45) is 5.92 Å². The summed E-state index contributed by atoms with van der Waals surface area (Å²) in [4.78, 5) is 13.6. The lowest BCUT2D eigenvalue weighted by Gasteiger charge is -2.27. The summed E-state index contributed by atoms with van der Waals surface area (Å²) >= 11 is 0. The highest BCUT2D eigenvalue weighted by atomic mass is 32.2. The second-order valence-electron chi connectivity index (χ2n) is 5.98. The van der Waals surface area contributed by atoms with Crippen LogP contribution in [0.5, 0.6) is 0 Å². The van der Waals surface area contributed by atoms with Crippen LogP contribution in [0.4, 0.5) is 5.69 Å². The maximum Gasteiger partial charge on any atom is 0.279 e. The average Bonchev–Trinajstić information content (AvgIpc) is 2.37. The number of quaternary nitrogens is 1. The van der Waals surface area contributed by atoms with Crippen molar-refractivity contribution in [3.8, 4) is 0 Å². The molecule has 1 heterocycles. The van der Waals surface area contributed by atoms with E-state index in [1.54, 1.807) is 12.1 Å². The Bertz CT molecular complexity index is 613. The number of carbonyl (C=O) groups excluding carboxylic acids is 1. The van der Waals surface area contributed by atoms with Gasteiger partial charge in [0.05, 0.1) is 18.0 Å². The Balaban J connectivity index is 1.96. The predicted octanol–water partition coefficient (Wildman–Crippen LogP) is 0.343. The highest BCUT2D eigenvalue weighted by Gasteiger charge is 2.22. The lowest BCUT2D eigenvalue weighted by Crippen LogP contribution is -3.14. The van der Waals surface area contributed by atoms with E-state index in [1.165, 1.54) is 23.5 Å². The number of hydrogen-bond donors (Lipinski definition) is 2. The van der Waals surface area contributed by atoms with Gasteiger partial charge in [0.25, 0.3) is 5.91 Å². The van der Waals surface area contributed by atoms with E-state index in [-0.39, 0.29) is 10.8 Å². The molecular formula is C15H23N2O3S+. The number of carbonyl (C=O) groups is 1. The topological polar surface area (TPSA) is 67.7 Å². The predicted molar refractivity (Wildman–Crippen MR) is 82.1 cm³/mol. The molecule has 21 heavy (non-hydrogen) atoms. The molecule has 1 aromatic carbocycles. The summed E-state index contributed by atoms with van der Waals surface area (Å²) in [5.41, 5.74) is 0.535. The molecule has 1 aromatic rings. The average molecular weight is 311 g/mol. The monoisotopic (exact) mass is 311 g/mol. The van der Waals surface area contributed by atoms with Crippen molar-refractivity contribution in [1.82, 2.24) is 0 Å². The van der Waals surface area contributed by atoms with E-state index in [0.29, 0.717) is 18.2 Å². The summed E-state index contributed by atoms with van der Waals surface area (Å²) in [6.45, 7) is 4.71. The zero-order chi connectivity index (χ0) is 15.5. The van der Waals surface area contributed by atoms with Gasteiger partial charge in [-0.05, 0) is 31.0 Å². The van der Waals surface area contributed by atoms with Crippen LogP contribution in [-0.4, -0.2) is 40.2 Å². The van der Waals surface area contributed by atoms with E-state index in [1.807, 2.05) is 0 Å². The second-order valence-corrected chi connectivity index (χ2v) is 7.99. The highest BCUT2D eigenvalue weighted by molar-refractivity contribution is 7.90. The van der Waals surface area contributed by atoms with Gasteiger partial charge in [-0.25, -0.2) is 8.42 Å². The molecule has 0 bridgehead atoms. The number of rotatable bonds is 4. The third-order valence-electron chi connectivity index (χ3n) is 3.82. The first-order valence-electron chi connectivity index (χ1n) is 7.28. The van der Waals surface area contributed by atoms with Crippen LogP contribution in [0, 0.1) is 5.92 Å². The molecule has 6 heteroatoms. The number of anilines is 1. The summed E-state index contributed by atoms with van der Waals surface area (Å²) in [6, 6.07) is 6.38. The fourth-order valence-electron chi connectivity index (χ4n) is 2.79. The Morgan fingerprint density at radius 3 is 2.86 bits per heavy atom. The molecular weight excluding hydrogens is 288 g/mol. The zero-order valence-corrected chi connectivity index (χ0v) is 13.4. The molecule has 2 atom stereocenters. The van der Waals surface area contributed by atoms with E-state index in [9.17, 15) is 13.2 Å². The van der Waals surface area contributed by atoms with Crippen molar-refractivity contribution in [3.63, 3.8) is 0 Å². The number of piperidine rings is 1. The van der Waals surface area contributed by atoms with Crippen LogP contribution in [0.1, 0.15) is 19.8 Å². The Morgan fingerprint density at radius 2 is 2.19 bits per heavy atom. The summed E-state index contributed by atoms with van der Waals surface area (Å²) in [7, 11) is -3.25. The maximum absolute atomic E-state index is 12.1. The van der Waals surface area contributed by atoms with E-state index < -0.39 is 9.84 Å². The molecule has 0 spiro atoms. The number of benzene rings is 1. The summed E-state index contributed by atoms with van der Waals surface area (Å²) < 4.78 is 23.0. The summed E-state index contributed by atoms with van der Waals surface area (Å²) in [5.74, 6) is 0.597. The minimum absolute atomic E-state index is 0.0650. The van der Waals surface area contributed by atoms with Crippen LogP contribution in [0.15, 0.2) is 29.2 Å². The molecule has 116 valence electrons. The van der Waals surface area contributed by atoms with Crippen molar-refractivity contribution < 1.29 is 18.1 Å². The standard InChI is InChI=1S/C15H22N2O3S/c1-12-5-4-8-17(10-12)11-15(18)16-13-6-3-7-14(9-13)21(2,19)20/h3,6-7,9,12H,4-5,8,10-11H2,1-2H3,(H,16,18)/p+1/t12-/m1/s1. The van der Waals surface area contributed by atoms with Crippen LogP contribution >= 0.6 is 0 Å². The SMILES string of the molecule is C[C@@H]1CCC[NH+](CC(=O)Nc2cccc(S(C)(=O)=O)c2)C1. The molecule has 1 aliphatic heterocycles. The molecule has 1 amide bonds. The molecule has 1 saturated heterocycles. The van der Waals surface area contributed by atoms with Crippen molar-refractivity contribution in [2.75, 3.05) is 31.2 Å². The Hall–Kier alpha value is -1.40. The Labute approximate surface area is 126 Å². The van der Waals surface area contributed by atoms with Crippen molar-refractivity contribution in [3.05, 3.63) is 24.3 Å². The van der Waals surface area contributed by atoms with E-state index in [0.717, 1.165) is 25.8 Å². The van der Waals surface area contributed by atoms with E-state index in [2.05, 4.69) is 12.2 Å². The molecule has 5 nitrogen and oxygen atoms in total. The fourth-order valence-corrected chi connectivity index (χ4v) is 3.46. The maximum atomic E-state index is 12.1. The molecule has 1 aliphatic rings. The molecule has 0 saturated carbocycles. The first-order chi connectivity index (χ1) is 9.84. The Kier molecular flexibility index (Phi) is 5.00. The first-order valence-corrected chi connectivity index (χ1v) is 9.17. The molecule has 2 rings (SSSR count). The van der Waals surface area contributed by atoms with Gasteiger partial charge < -0.3 is 10.2 Å². The van der Waals surface area contributed by atoms with Gasteiger partial charge in [-0.2, -0.15) is 0 Å². The third kappa shape index (κ3) is 4.82. The highest BCUT2D eigenvalue weighted by Crippen LogP contribution is 2.15. The van der Waals surface area contributed by atoms with E-state index >= 15 is 0 Å². The summed E-state index contributed by atoms with van der Waals surface area (Å²) in [6.07, 6.45) is 3.56. The van der Waals surface area contributed by atoms with Crippen LogP contribution in [0.2, 0.25) is 0 Å². The molecule has 0 aromatic heterocycles. The lowest BCUT2D eigenvalue weighted by atomic mass is 10.0. The van der Waals surface area contributed by atoms with Crippen LogP contribution in [0.3, 0.4) is 0 Å². The molecule has 1 fully saturated rings. The van der Waals surface area contributed by atoms with Gasteiger partial charge >= 0.3 is 0 Å². The van der Waals surface area contributed by atoms with Crippen molar-refractivity contribution in [2.45, 2.75) is 24.7 Å². The van der Waals surface area contributed by atoms with Gasteiger partial charge in [0.2, 0.25) is 0 Å². The molecule has 0 radical (unpaired) electrons. The van der Waals surface area contributed by atoms with Gasteiger partial charge in [-0.3, -0.25) is 4.79 Å². The zero-order valence-electron chi connectivity index (χ0n) is 12.6. The van der Waals surface area contributed by atoms with Crippen LogP contribution < -0.4 is 10.2 Å². The minimum Gasteiger partial charge on any atom is -0.327 e. The van der Waals surface area contributed by atoms with E-state index in [4.69, 9.17) is 0 Å². The van der Waals surface area contributed by atoms with Gasteiger partial charge in [0.1, 0.15) is 0 Å². The normalized spacial score (nSPS) is 22.8. The smallest absolute Gasteiger partial charge is 0.279 e. The molecule has 1 unspecified atom stereocenters.